The van der Waals surface area contributed by atoms with E-state index in [0.29, 0.717) is 34.6 Å². The van der Waals surface area contributed by atoms with Crippen LogP contribution < -0.4 is 18.9 Å². The Hall–Kier alpha value is -2.52. The quantitative estimate of drug-likeness (QED) is 0.111. The summed E-state index contributed by atoms with van der Waals surface area (Å²) in [6, 6.07) is 15.6. The van der Waals surface area contributed by atoms with Crippen molar-refractivity contribution in [3.05, 3.63) is 118 Å². The van der Waals surface area contributed by atoms with Crippen LogP contribution in [0, 0.1) is 60.2 Å². The van der Waals surface area contributed by atoms with Gasteiger partial charge in [-0.05, 0) is 215 Å². The van der Waals surface area contributed by atoms with Crippen LogP contribution in [0.25, 0.3) is 5.57 Å². The van der Waals surface area contributed by atoms with Crippen LogP contribution in [0.2, 0.25) is 0 Å². The largest absolute Gasteiger partial charge is 1.00 e. The molecule has 0 amide bonds. The molecule has 2 nitrogen and oxygen atoms in total. The Morgan fingerprint density at radius 2 is 0.795 bits per heavy atom. The molecular weight excluding hydrogens is 1130 g/mol. The first kappa shape index (κ1) is 72.9. The van der Waals surface area contributed by atoms with Gasteiger partial charge in [0.25, 0.3) is 0 Å². The second-order valence-electron chi connectivity index (χ2n) is 25.2. The Labute approximate surface area is 514 Å². The number of aliphatic hydroxyl groups is 1. The molecule has 0 aromatic heterocycles. The zero-order valence-corrected chi connectivity index (χ0v) is 52.6. The van der Waals surface area contributed by atoms with Gasteiger partial charge in [-0.3, -0.25) is 4.79 Å². The van der Waals surface area contributed by atoms with Gasteiger partial charge in [-0.15, -0.1) is 0 Å². The molecule has 6 aliphatic carbocycles. The summed E-state index contributed by atoms with van der Waals surface area (Å²) in [7, 11) is 0. The van der Waals surface area contributed by atoms with Crippen LogP contribution >= 0.6 is 15.9 Å². The molecule has 3 aromatic carbocycles. The summed E-state index contributed by atoms with van der Waals surface area (Å²) >= 11 is 3.04. The van der Waals surface area contributed by atoms with Crippen molar-refractivity contribution in [1.29, 1.82) is 0 Å². The Bertz CT molecular complexity index is 2250. The third kappa shape index (κ3) is 24.5. The third-order valence-electron chi connectivity index (χ3n) is 19.5. The van der Waals surface area contributed by atoms with Gasteiger partial charge in [-0.2, -0.15) is 45.9 Å². The van der Waals surface area contributed by atoms with Crippen molar-refractivity contribution >= 4 is 27.3 Å². The molecule has 0 spiro atoms. The number of carbonyl (C=O) groups excluding carboxylic acids is 1. The van der Waals surface area contributed by atoms with Crippen LogP contribution in [-0.4, -0.2) is 10.9 Å². The number of rotatable bonds is 12. The molecule has 6 aliphatic rings. The van der Waals surface area contributed by atoms with E-state index in [4.69, 9.17) is 0 Å². The smallest absolute Gasteiger partial charge is 0.385 e. The van der Waals surface area contributed by atoms with E-state index in [9.17, 15) is 49.4 Å². The summed E-state index contributed by atoms with van der Waals surface area (Å²) in [5.41, 5.74) is 0.0239. The van der Waals surface area contributed by atoms with Gasteiger partial charge >= 0.3 is 37.4 Å². The SMILES string of the molecule is CCCC1CCC(C2CC=C(c3ccc(C(F)(F)F)cc3)CC2)CC1.CCCC1CCC(C2CCC(=O)CC2)CC1.CCCC1CCC(C2CCC(O)(c3ccc(C(F)(F)F)cc3)CC2)CC1.FC(F)(F)c1ccc(Br)cc1.[CH2-]CCC.[Li+]. The maximum Gasteiger partial charge on any atom is 1.00 e. The van der Waals surface area contributed by atoms with Gasteiger partial charge in [0.1, 0.15) is 5.78 Å². The number of carbonyl (C=O) groups is 1. The van der Waals surface area contributed by atoms with Crippen LogP contribution in [0.3, 0.4) is 0 Å². The first-order chi connectivity index (χ1) is 39.0. The number of hydrogen-bond acceptors (Lipinski definition) is 2. The minimum absolute atomic E-state index is 0. The first-order valence-electron chi connectivity index (χ1n) is 31.9. The minimum Gasteiger partial charge on any atom is -0.385 e. The summed E-state index contributed by atoms with van der Waals surface area (Å²) in [6.07, 6.45) is 27.3. The summed E-state index contributed by atoms with van der Waals surface area (Å²) in [5.74, 6) is 8.32. The van der Waals surface area contributed by atoms with Crippen molar-refractivity contribution < 1.29 is 68.3 Å². The van der Waals surface area contributed by atoms with E-state index >= 15 is 0 Å². The number of allylic oxidation sites excluding steroid dienone is 2. The van der Waals surface area contributed by atoms with E-state index in [-0.39, 0.29) is 18.9 Å². The van der Waals surface area contributed by atoms with Crippen molar-refractivity contribution in [3.8, 4) is 0 Å². The maximum atomic E-state index is 12.7. The number of Topliss-reactive ketones (excluding diaryl/α,β-unsaturated/α-hetero) is 1. The number of ketones is 1. The fourth-order valence-corrected chi connectivity index (χ4v) is 14.7. The molecule has 1 N–H and O–H groups in total. The maximum absolute atomic E-state index is 12.7. The van der Waals surface area contributed by atoms with Crippen LogP contribution in [0.4, 0.5) is 39.5 Å². The van der Waals surface area contributed by atoms with E-state index in [1.165, 1.54) is 183 Å². The average Bonchev–Trinajstić information content (AvgIpc) is 3.64. The summed E-state index contributed by atoms with van der Waals surface area (Å²) in [6.45, 7) is 12.6. The van der Waals surface area contributed by atoms with Crippen LogP contribution in [0.5, 0.6) is 0 Å². The molecule has 5 fully saturated rings. The summed E-state index contributed by atoms with van der Waals surface area (Å²) in [5, 5.41) is 11.0. The average molecular weight is 1230 g/mol. The van der Waals surface area contributed by atoms with Crippen molar-refractivity contribution in [2.75, 3.05) is 0 Å². The van der Waals surface area contributed by atoms with Crippen molar-refractivity contribution in [3.63, 3.8) is 0 Å². The van der Waals surface area contributed by atoms with Crippen LogP contribution in [0.15, 0.2) is 83.3 Å². The van der Waals surface area contributed by atoms with Gasteiger partial charge in [-0.25, -0.2) is 0 Å². The fourth-order valence-electron chi connectivity index (χ4n) is 14.4. The monoisotopic (exact) mass is 1230 g/mol. The molecule has 13 heteroatoms. The molecule has 1 unspecified atom stereocenters. The first-order valence-corrected chi connectivity index (χ1v) is 32.7. The number of unbranched alkanes of at least 4 members (excludes halogenated alkanes) is 1. The van der Waals surface area contributed by atoms with E-state index < -0.39 is 40.8 Å². The predicted octanol–water partition coefficient (Wildman–Crippen LogP) is 20.6. The Morgan fingerprint density at radius 3 is 1.13 bits per heavy atom. The molecule has 3 aromatic rings. The van der Waals surface area contributed by atoms with Gasteiger partial charge in [0.2, 0.25) is 0 Å². The second kappa shape index (κ2) is 36.1. The van der Waals surface area contributed by atoms with Crippen molar-refractivity contribution in [2.45, 2.75) is 251 Å². The van der Waals surface area contributed by atoms with Gasteiger partial charge in [-0.1, -0.05) is 157 Å². The van der Waals surface area contributed by atoms with Gasteiger partial charge in [0.05, 0.1) is 22.3 Å². The molecule has 83 heavy (non-hydrogen) atoms. The zero-order valence-electron chi connectivity index (χ0n) is 51.0. The topological polar surface area (TPSA) is 37.3 Å². The minimum atomic E-state index is -4.32. The van der Waals surface area contributed by atoms with Gasteiger partial charge in [0.15, 0.2) is 0 Å². The van der Waals surface area contributed by atoms with Crippen LogP contribution in [0.1, 0.15) is 255 Å². The Morgan fingerprint density at radius 1 is 0.470 bits per heavy atom. The number of alkyl halides is 9. The molecule has 0 radical (unpaired) electrons. The van der Waals surface area contributed by atoms with Crippen molar-refractivity contribution in [1.82, 2.24) is 0 Å². The van der Waals surface area contributed by atoms with Crippen LogP contribution in [-0.2, 0) is 28.9 Å². The molecule has 0 heterocycles. The Balaban J connectivity index is 0.000000241. The zero-order chi connectivity index (χ0) is 59.9. The molecule has 1 atom stereocenters. The van der Waals surface area contributed by atoms with E-state index in [0.717, 1.165) is 122 Å². The second-order valence-corrected chi connectivity index (χ2v) is 26.1. The van der Waals surface area contributed by atoms with E-state index in [1.807, 2.05) is 0 Å². The third-order valence-corrected chi connectivity index (χ3v) is 20.0. The van der Waals surface area contributed by atoms with E-state index in [1.54, 1.807) is 12.1 Å². The molecule has 0 saturated heterocycles. The molecule has 0 aliphatic heterocycles. The normalized spacial score (nSPS) is 27.0. The predicted molar refractivity (Wildman–Crippen MR) is 322 cm³/mol. The molecule has 9 rings (SSSR count). The van der Waals surface area contributed by atoms with E-state index in [2.05, 4.69) is 56.6 Å². The molecule has 5 saturated carbocycles. The number of halogens is 10. The standard InChI is InChI=1S/C22H31F3O.C22H29F3.C15H26O.C7H4BrF3.C4H9.Li/c1-2-3-16-4-6-17(7-5-16)18-12-14-21(26,15-13-18)19-8-10-20(11-9-19)22(23,24)25;1-2-3-16-4-6-17(7-5-16)18-8-10-19(11-9-18)20-12-14-21(15-13-20)22(23,24)25;1-2-3-12-4-6-13(7-5-12)14-8-10-15(16)11-9-14;8-6-3-1-5(2-4-6)7(9,10)11;1-3-4-2;/h8-11,16-18,26H,2-7,12-15H2,1H3;10,12-18H,2-9,11H2,1H3;12-14H,2-11H2,1H3;1-4H;1,3-4H2,2H3;/q;;;;-1;+1. The van der Waals surface area contributed by atoms with Gasteiger partial charge in [0, 0.05) is 17.3 Å². The van der Waals surface area contributed by atoms with Gasteiger partial charge < -0.3 is 12.0 Å². The van der Waals surface area contributed by atoms with Crippen molar-refractivity contribution in [2.24, 2.45) is 53.3 Å². The number of hydrogen-bond donors (Lipinski definition) is 1. The molecule has 0 bridgehead atoms. The summed E-state index contributed by atoms with van der Waals surface area (Å²) < 4.78 is 113. The fraction of sp³-hybridized carbons (Fsp3) is 0.686. The number of benzene rings is 3. The summed E-state index contributed by atoms with van der Waals surface area (Å²) in [4.78, 5) is 11.2. The molecular formula is C70H99BrF9LiO2. The Kier molecular flexibility index (Phi) is 31.7. The molecule has 462 valence electrons.